The summed E-state index contributed by atoms with van der Waals surface area (Å²) in [4.78, 5) is 12.5. The van der Waals surface area contributed by atoms with Crippen LogP contribution in [0.3, 0.4) is 0 Å². The minimum absolute atomic E-state index is 0.0695. The van der Waals surface area contributed by atoms with E-state index < -0.39 is 27.6 Å². The molecule has 0 unspecified atom stereocenters. The smallest absolute Gasteiger partial charge is 0.384 e. The molecular weight excluding hydrogens is 325 g/mol. The van der Waals surface area contributed by atoms with E-state index in [0.717, 1.165) is 13.2 Å². The van der Waals surface area contributed by atoms with Crippen molar-refractivity contribution in [1.29, 1.82) is 0 Å². The molecule has 3 rings (SSSR count). The number of fused-ring (bicyclic) bond motifs is 1. The van der Waals surface area contributed by atoms with Crippen LogP contribution in [0.2, 0.25) is 0 Å². The highest BCUT2D eigenvalue weighted by atomic mass is 32.2. The second kappa shape index (κ2) is 5.32. The van der Waals surface area contributed by atoms with Crippen LogP contribution in [-0.4, -0.2) is 21.5 Å². The van der Waals surface area contributed by atoms with Crippen LogP contribution >= 0.6 is 0 Å². The monoisotopic (exact) mass is 337 g/mol. The first kappa shape index (κ1) is 15.4. The highest BCUT2D eigenvalue weighted by Crippen LogP contribution is 2.41. The fourth-order valence-electron chi connectivity index (χ4n) is 2.61. The minimum atomic E-state index is -4.34. The van der Waals surface area contributed by atoms with Crippen LogP contribution in [0.4, 0.5) is 4.39 Å². The van der Waals surface area contributed by atoms with Gasteiger partial charge in [0.15, 0.2) is 5.54 Å². The summed E-state index contributed by atoms with van der Waals surface area (Å²) in [5.41, 5.74) is -2.09. The van der Waals surface area contributed by atoms with Crippen LogP contribution in [0, 0.1) is 5.82 Å². The summed E-state index contributed by atoms with van der Waals surface area (Å²) in [6.07, 6.45) is 0. The number of carbonyl (C=O) groups is 1. The molecule has 23 heavy (non-hydrogen) atoms. The number of carbonyl (C=O) groups excluding carboxylic acids is 1. The number of hydrogen-bond acceptors (Lipinski definition) is 5. The molecule has 1 heterocycles. The summed E-state index contributed by atoms with van der Waals surface area (Å²) in [5, 5.41) is 0. The van der Waals surface area contributed by atoms with Crippen molar-refractivity contribution in [2.75, 3.05) is 7.11 Å². The Balaban J connectivity index is 2.41. The molecule has 1 atom stereocenters. The van der Waals surface area contributed by atoms with E-state index in [0.29, 0.717) is 0 Å². The van der Waals surface area contributed by atoms with E-state index in [1.165, 1.54) is 30.3 Å². The lowest BCUT2D eigenvalue weighted by atomic mass is 9.82. The third-order valence-electron chi connectivity index (χ3n) is 3.54. The third-order valence-corrected chi connectivity index (χ3v) is 4.49. The SMILES string of the molecule is COC(=O)[C@]1(c2ccccc2F)NS(=O)(=O)Oc2ccccc21. The van der Waals surface area contributed by atoms with Gasteiger partial charge >= 0.3 is 16.3 Å². The second-order valence-corrected chi connectivity index (χ2v) is 6.14. The van der Waals surface area contributed by atoms with Crippen molar-refractivity contribution in [3.05, 3.63) is 65.5 Å². The van der Waals surface area contributed by atoms with Gasteiger partial charge in [0.05, 0.1) is 7.11 Å². The molecule has 8 heteroatoms. The van der Waals surface area contributed by atoms with Gasteiger partial charge in [0.1, 0.15) is 11.6 Å². The molecule has 0 saturated heterocycles. The van der Waals surface area contributed by atoms with Crippen molar-refractivity contribution in [3.8, 4) is 5.75 Å². The molecule has 0 radical (unpaired) electrons. The Hall–Kier alpha value is -2.45. The molecule has 1 aliphatic heterocycles. The maximum Gasteiger partial charge on any atom is 0.384 e. The number of nitrogens with one attached hydrogen (secondary N) is 1. The summed E-state index contributed by atoms with van der Waals surface area (Å²) >= 11 is 0. The van der Waals surface area contributed by atoms with E-state index >= 15 is 0 Å². The fraction of sp³-hybridized carbons (Fsp3) is 0.133. The van der Waals surface area contributed by atoms with Crippen LogP contribution in [-0.2, 0) is 25.4 Å². The summed E-state index contributed by atoms with van der Waals surface area (Å²) in [5.74, 6) is -1.79. The molecule has 1 aliphatic rings. The maximum absolute atomic E-state index is 14.4. The van der Waals surface area contributed by atoms with Gasteiger partial charge in [0.2, 0.25) is 0 Å². The van der Waals surface area contributed by atoms with Crippen molar-refractivity contribution in [3.63, 3.8) is 0 Å². The summed E-state index contributed by atoms with van der Waals surface area (Å²) in [6.45, 7) is 0. The molecule has 0 fully saturated rings. The molecule has 0 aromatic heterocycles. The van der Waals surface area contributed by atoms with Crippen LogP contribution < -0.4 is 8.91 Å². The van der Waals surface area contributed by atoms with Crippen molar-refractivity contribution in [2.24, 2.45) is 0 Å². The quantitative estimate of drug-likeness (QED) is 0.839. The van der Waals surface area contributed by atoms with E-state index in [2.05, 4.69) is 4.72 Å². The van der Waals surface area contributed by atoms with Gasteiger partial charge in [-0.15, -0.1) is 0 Å². The van der Waals surface area contributed by atoms with Crippen molar-refractivity contribution < 1.29 is 26.5 Å². The van der Waals surface area contributed by atoms with Gasteiger partial charge in [0.25, 0.3) is 0 Å². The predicted molar refractivity (Wildman–Crippen MR) is 78.3 cm³/mol. The van der Waals surface area contributed by atoms with Gasteiger partial charge in [-0.1, -0.05) is 36.4 Å². The second-order valence-electron chi connectivity index (χ2n) is 4.86. The first-order valence-electron chi connectivity index (χ1n) is 6.57. The number of hydrogen-bond donors (Lipinski definition) is 1. The first-order chi connectivity index (χ1) is 10.9. The zero-order chi connectivity index (χ0) is 16.7. The van der Waals surface area contributed by atoms with E-state index in [9.17, 15) is 17.6 Å². The summed E-state index contributed by atoms with van der Waals surface area (Å²) in [6, 6.07) is 11.4. The normalized spacial score (nSPS) is 21.8. The molecule has 6 nitrogen and oxygen atoms in total. The fourth-order valence-corrected chi connectivity index (χ4v) is 3.71. The third kappa shape index (κ3) is 2.36. The summed E-state index contributed by atoms with van der Waals surface area (Å²) in [7, 11) is -3.25. The van der Waals surface area contributed by atoms with Gasteiger partial charge in [-0.2, -0.15) is 13.1 Å². The van der Waals surface area contributed by atoms with Gasteiger partial charge < -0.3 is 8.92 Å². The molecule has 2 aromatic rings. The molecule has 0 bridgehead atoms. The van der Waals surface area contributed by atoms with Gasteiger partial charge in [-0.05, 0) is 12.1 Å². The first-order valence-corrected chi connectivity index (χ1v) is 7.98. The Kier molecular flexibility index (Phi) is 3.57. The number of esters is 1. The van der Waals surface area contributed by atoms with Crippen molar-refractivity contribution in [1.82, 2.24) is 4.72 Å². The number of ether oxygens (including phenoxy) is 1. The van der Waals surface area contributed by atoms with Crippen LogP contribution in [0.1, 0.15) is 11.1 Å². The van der Waals surface area contributed by atoms with Gasteiger partial charge in [0, 0.05) is 11.1 Å². The number of rotatable bonds is 2. The highest BCUT2D eigenvalue weighted by Gasteiger charge is 2.53. The molecule has 2 aromatic carbocycles. The largest absolute Gasteiger partial charge is 0.467 e. The highest BCUT2D eigenvalue weighted by molar-refractivity contribution is 7.85. The molecular formula is C15H12FNO5S. The van der Waals surface area contributed by atoms with Gasteiger partial charge in [-0.3, -0.25) is 0 Å². The average molecular weight is 337 g/mol. The molecule has 0 amide bonds. The Morgan fingerprint density at radius 1 is 1.13 bits per heavy atom. The van der Waals surface area contributed by atoms with Crippen LogP contribution in [0.15, 0.2) is 48.5 Å². The summed E-state index contributed by atoms with van der Waals surface area (Å²) < 4.78 is 50.3. The molecule has 120 valence electrons. The van der Waals surface area contributed by atoms with E-state index in [1.807, 2.05) is 0 Å². The lowest BCUT2D eigenvalue weighted by Gasteiger charge is -2.36. The number of methoxy groups -OCH3 is 1. The topological polar surface area (TPSA) is 81.7 Å². The zero-order valence-corrected chi connectivity index (χ0v) is 12.8. The number of para-hydroxylation sites is 1. The minimum Gasteiger partial charge on any atom is -0.467 e. The van der Waals surface area contributed by atoms with Gasteiger partial charge in [-0.25, -0.2) is 9.18 Å². The lowest BCUT2D eigenvalue weighted by Crippen LogP contribution is -2.57. The van der Waals surface area contributed by atoms with Crippen LogP contribution in [0.5, 0.6) is 5.75 Å². The zero-order valence-electron chi connectivity index (χ0n) is 11.9. The van der Waals surface area contributed by atoms with Crippen molar-refractivity contribution >= 4 is 16.3 Å². The number of benzene rings is 2. The molecule has 0 spiro atoms. The predicted octanol–water partition coefficient (Wildman–Crippen LogP) is 1.47. The Morgan fingerprint density at radius 2 is 1.74 bits per heavy atom. The van der Waals surface area contributed by atoms with E-state index in [-0.39, 0.29) is 16.9 Å². The van der Waals surface area contributed by atoms with E-state index in [1.54, 1.807) is 12.1 Å². The van der Waals surface area contributed by atoms with E-state index in [4.69, 9.17) is 8.92 Å². The molecule has 1 N–H and O–H groups in total. The maximum atomic E-state index is 14.4. The standard InChI is InChI=1S/C15H12FNO5S/c1-21-14(18)15(10-6-2-4-8-12(10)16)11-7-3-5-9-13(11)22-23(19,20)17-15/h2-9,17H,1H3/t15-/m1/s1. The van der Waals surface area contributed by atoms with Crippen molar-refractivity contribution in [2.45, 2.75) is 5.54 Å². The Labute approximate surface area is 132 Å². The van der Waals surface area contributed by atoms with Crippen LogP contribution in [0.25, 0.3) is 0 Å². The average Bonchev–Trinajstić information content (AvgIpc) is 2.52. The lowest BCUT2D eigenvalue weighted by molar-refractivity contribution is -0.146. The Bertz CT molecular complexity index is 883. The molecule has 0 saturated carbocycles. The number of halogens is 1. The molecule has 0 aliphatic carbocycles. The Morgan fingerprint density at radius 3 is 2.39 bits per heavy atom.